The Labute approximate surface area is 74.3 Å². The Kier molecular flexibility index (Phi) is 2.75. The summed E-state index contributed by atoms with van der Waals surface area (Å²) in [4.78, 5) is 3.75. The highest BCUT2D eigenvalue weighted by molar-refractivity contribution is 14.1. The van der Waals surface area contributed by atoms with Crippen LogP contribution in [0.25, 0.3) is 0 Å². The summed E-state index contributed by atoms with van der Waals surface area (Å²) in [5.41, 5.74) is 0. The highest BCUT2D eigenvalue weighted by atomic mass is 127. The summed E-state index contributed by atoms with van der Waals surface area (Å²) in [6, 6.07) is 4.84. The minimum atomic E-state index is -2.21. The van der Waals surface area contributed by atoms with Crippen molar-refractivity contribution in [3.63, 3.8) is 0 Å². The van der Waals surface area contributed by atoms with Crippen LogP contribution in [-0.4, -0.2) is 13.7 Å². The molecule has 0 aliphatic heterocycles. The van der Waals surface area contributed by atoms with Gasteiger partial charge < -0.3 is 4.55 Å². The third-order valence-electron chi connectivity index (χ3n) is 0.860. The predicted molar refractivity (Wildman–Crippen MR) is 44.1 cm³/mol. The molecule has 0 bridgehead atoms. The quantitative estimate of drug-likeness (QED) is 0.432. The van der Waals surface area contributed by atoms with Crippen LogP contribution >= 0.6 is 22.6 Å². The van der Waals surface area contributed by atoms with Crippen molar-refractivity contribution in [3.8, 4) is 0 Å². The lowest BCUT2D eigenvalue weighted by atomic mass is 10.5. The van der Waals surface area contributed by atoms with E-state index in [0.717, 1.165) is 0 Å². The monoisotopic (exact) mass is 268 g/mol. The predicted octanol–water partition coefficient (Wildman–Crippen LogP) is 0.924. The van der Waals surface area contributed by atoms with Crippen molar-refractivity contribution in [2.75, 3.05) is 0 Å². The number of hydrogen-bond acceptors (Lipinski definition) is 3. The van der Waals surface area contributed by atoms with Gasteiger partial charge in [0.05, 0.1) is 0 Å². The SMILES string of the molecule is O=S([O-])c1cccc(I)n1. The molecule has 0 aliphatic rings. The van der Waals surface area contributed by atoms with Crippen LogP contribution < -0.4 is 0 Å². The van der Waals surface area contributed by atoms with Gasteiger partial charge in [0, 0.05) is 0 Å². The Bertz CT molecular complexity index is 266. The summed E-state index contributed by atoms with van der Waals surface area (Å²) in [5, 5.41) is 0.0897. The summed E-state index contributed by atoms with van der Waals surface area (Å²) in [6.45, 7) is 0. The molecule has 0 saturated carbocycles. The zero-order valence-corrected chi connectivity index (χ0v) is 7.76. The van der Waals surface area contributed by atoms with Gasteiger partial charge in [-0.2, -0.15) is 0 Å². The molecule has 0 saturated heterocycles. The van der Waals surface area contributed by atoms with E-state index in [0.29, 0.717) is 3.70 Å². The van der Waals surface area contributed by atoms with Gasteiger partial charge in [0.25, 0.3) is 0 Å². The second-order valence-electron chi connectivity index (χ2n) is 1.53. The molecule has 0 spiro atoms. The fourth-order valence-electron chi connectivity index (χ4n) is 0.482. The zero-order valence-electron chi connectivity index (χ0n) is 4.78. The maximum Gasteiger partial charge on any atom is 0.114 e. The standard InChI is InChI=1S/C5H4INO2S/c6-4-2-1-3-5(7-4)10(8)9/h1-3H,(H,8,9)/p-1. The molecule has 1 aromatic rings. The van der Waals surface area contributed by atoms with Gasteiger partial charge in [0.15, 0.2) is 0 Å². The lowest BCUT2D eigenvalue weighted by Gasteiger charge is -2.02. The molecule has 0 amide bonds. The van der Waals surface area contributed by atoms with Gasteiger partial charge in [-0.25, -0.2) is 4.98 Å². The van der Waals surface area contributed by atoms with Crippen LogP contribution in [0.4, 0.5) is 0 Å². The maximum atomic E-state index is 10.3. The summed E-state index contributed by atoms with van der Waals surface area (Å²) in [5.74, 6) is 0. The number of hydrogen-bond donors (Lipinski definition) is 0. The number of rotatable bonds is 1. The van der Waals surface area contributed by atoms with E-state index in [-0.39, 0.29) is 5.03 Å². The van der Waals surface area contributed by atoms with Crippen LogP contribution in [0, 0.1) is 3.70 Å². The molecule has 1 rings (SSSR count). The van der Waals surface area contributed by atoms with Crippen LogP contribution in [0.5, 0.6) is 0 Å². The fourth-order valence-corrected chi connectivity index (χ4v) is 1.48. The minimum absolute atomic E-state index is 0.0897. The topological polar surface area (TPSA) is 53.0 Å². The number of halogens is 1. The summed E-state index contributed by atoms with van der Waals surface area (Å²) in [7, 11) is 0. The summed E-state index contributed by atoms with van der Waals surface area (Å²) in [6.07, 6.45) is 0. The minimum Gasteiger partial charge on any atom is -0.767 e. The second-order valence-corrected chi connectivity index (χ2v) is 3.53. The van der Waals surface area contributed by atoms with Crippen molar-refractivity contribution in [2.24, 2.45) is 0 Å². The Morgan fingerprint density at radius 2 is 2.30 bits per heavy atom. The molecule has 10 heavy (non-hydrogen) atoms. The molecule has 0 fully saturated rings. The summed E-state index contributed by atoms with van der Waals surface area (Å²) >= 11 is -0.251. The Balaban J connectivity index is 3.07. The van der Waals surface area contributed by atoms with Gasteiger partial charge in [-0.3, -0.25) is 4.21 Å². The van der Waals surface area contributed by atoms with Crippen molar-refractivity contribution >= 4 is 33.7 Å². The van der Waals surface area contributed by atoms with E-state index in [4.69, 9.17) is 0 Å². The second kappa shape index (κ2) is 3.40. The summed E-state index contributed by atoms with van der Waals surface area (Å²) < 4.78 is 21.3. The van der Waals surface area contributed by atoms with Crippen LogP contribution in [0.2, 0.25) is 0 Å². The highest BCUT2D eigenvalue weighted by Crippen LogP contribution is 2.04. The molecular weight excluding hydrogens is 265 g/mol. The van der Waals surface area contributed by atoms with E-state index < -0.39 is 11.1 Å². The van der Waals surface area contributed by atoms with E-state index >= 15 is 0 Å². The van der Waals surface area contributed by atoms with Gasteiger partial charge in [0.1, 0.15) is 8.73 Å². The van der Waals surface area contributed by atoms with Gasteiger partial charge >= 0.3 is 0 Å². The van der Waals surface area contributed by atoms with Crippen molar-refractivity contribution in [1.82, 2.24) is 4.98 Å². The van der Waals surface area contributed by atoms with Gasteiger partial charge in [-0.05, 0) is 45.8 Å². The molecule has 1 atom stereocenters. The number of nitrogens with zero attached hydrogens (tertiary/aromatic N) is 1. The first kappa shape index (κ1) is 8.09. The van der Waals surface area contributed by atoms with E-state index in [1.807, 2.05) is 22.6 Å². The van der Waals surface area contributed by atoms with Crippen LogP contribution in [0.15, 0.2) is 23.2 Å². The molecule has 1 heterocycles. The van der Waals surface area contributed by atoms with Gasteiger partial charge in [-0.1, -0.05) is 6.07 Å². The molecule has 0 aliphatic carbocycles. The molecule has 1 aromatic heterocycles. The molecule has 0 N–H and O–H groups in total. The van der Waals surface area contributed by atoms with E-state index in [1.165, 1.54) is 6.07 Å². The lowest BCUT2D eigenvalue weighted by molar-refractivity contribution is 0.533. The van der Waals surface area contributed by atoms with Crippen molar-refractivity contribution < 1.29 is 8.76 Å². The average Bonchev–Trinajstić information content (AvgIpc) is 1.88. The van der Waals surface area contributed by atoms with E-state index in [9.17, 15) is 8.76 Å². The number of aromatic nitrogens is 1. The highest BCUT2D eigenvalue weighted by Gasteiger charge is 1.92. The van der Waals surface area contributed by atoms with Crippen molar-refractivity contribution in [3.05, 3.63) is 21.9 Å². The Hall–Kier alpha value is -0.0100. The fraction of sp³-hybridized carbons (Fsp3) is 0. The molecule has 54 valence electrons. The van der Waals surface area contributed by atoms with Crippen LogP contribution in [-0.2, 0) is 11.1 Å². The average molecular weight is 268 g/mol. The zero-order chi connectivity index (χ0) is 7.56. The molecule has 0 aromatic carbocycles. The molecule has 1 unspecified atom stereocenters. The Morgan fingerprint density at radius 1 is 1.60 bits per heavy atom. The van der Waals surface area contributed by atoms with Gasteiger partial charge in [0.2, 0.25) is 0 Å². The number of pyridine rings is 1. The largest absolute Gasteiger partial charge is 0.767 e. The first-order valence-electron chi connectivity index (χ1n) is 2.42. The normalized spacial score (nSPS) is 13.0. The van der Waals surface area contributed by atoms with Crippen LogP contribution in [0.1, 0.15) is 0 Å². The van der Waals surface area contributed by atoms with Gasteiger partial charge in [-0.15, -0.1) is 0 Å². The third-order valence-corrected chi connectivity index (χ3v) is 2.03. The van der Waals surface area contributed by atoms with Crippen molar-refractivity contribution in [2.45, 2.75) is 5.03 Å². The molecule has 5 heteroatoms. The van der Waals surface area contributed by atoms with E-state index in [1.54, 1.807) is 12.1 Å². The van der Waals surface area contributed by atoms with Crippen molar-refractivity contribution in [1.29, 1.82) is 0 Å². The molecular formula is C5H3INO2S-. The first-order chi connectivity index (χ1) is 4.70. The molecule has 0 radical (unpaired) electrons. The maximum absolute atomic E-state index is 10.3. The Morgan fingerprint density at radius 3 is 2.70 bits per heavy atom. The molecule has 3 nitrogen and oxygen atoms in total. The first-order valence-corrected chi connectivity index (χ1v) is 4.57. The smallest absolute Gasteiger partial charge is 0.114 e. The van der Waals surface area contributed by atoms with E-state index in [2.05, 4.69) is 4.98 Å². The van der Waals surface area contributed by atoms with Crippen LogP contribution in [0.3, 0.4) is 0 Å². The lowest BCUT2D eigenvalue weighted by Crippen LogP contribution is -1.93. The third kappa shape index (κ3) is 1.99.